The van der Waals surface area contributed by atoms with E-state index in [0.717, 1.165) is 24.7 Å². The van der Waals surface area contributed by atoms with Gasteiger partial charge in [0.15, 0.2) is 0 Å². The van der Waals surface area contributed by atoms with Crippen LogP contribution in [-0.2, 0) is 23.2 Å². The number of rotatable bonds is 8. The number of hydrogen-bond acceptors (Lipinski definition) is 3. The zero-order chi connectivity index (χ0) is 20.6. The molecule has 0 N–H and O–H groups in total. The highest BCUT2D eigenvalue weighted by molar-refractivity contribution is 5.45. The molecule has 0 aromatic heterocycles. The Labute approximate surface area is 181 Å². The van der Waals surface area contributed by atoms with Crippen molar-refractivity contribution in [3.05, 3.63) is 65.2 Å². The first-order valence-electron chi connectivity index (χ1n) is 11.7. The normalized spacial score (nSPS) is 28.2. The topological polar surface area (TPSA) is 21.7 Å². The molecule has 2 fully saturated rings. The number of fused-ring (bicyclic) bond motifs is 4. The van der Waals surface area contributed by atoms with Gasteiger partial charge in [-0.15, -0.1) is 0 Å². The Morgan fingerprint density at radius 3 is 2.70 bits per heavy atom. The number of methoxy groups -OCH3 is 1. The van der Waals surface area contributed by atoms with Crippen LogP contribution in [0.3, 0.4) is 0 Å². The van der Waals surface area contributed by atoms with Crippen molar-refractivity contribution >= 4 is 0 Å². The summed E-state index contributed by atoms with van der Waals surface area (Å²) in [6.45, 7) is 6.55. The molecular formula is C27H35NO2. The first-order chi connectivity index (χ1) is 14.7. The predicted octanol–water partition coefficient (Wildman–Crippen LogP) is 5.22. The van der Waals surface area contributed by atoms with Crippen LogP contribution in [0.15, 0.2) is 48.5 Å². The number of benzene rings is 2. The lowest BCUT2D eigenvalue weighted by atomic mass is 9.56. The summed E-state index contributed by atoms with van der Waals surface area (Å²) in [7, 11) is 1.78. The van der Waals surface area contributed by atoms with Gasteiger partial charge in [0, 0.05) is 24.6 Å². The van der Waals surface area contributed by atoms with Crippen molar-refractivity contribution in [2.45, 2.75) is 57.1 Å². The van der Waals surface area contributed by atoms with Gasteiger partial charge in [-0.25, -0.2) is 0 Å². The van der Waals surface area contributed by atoms with Crippen LogP contribution in [0.2, 0.25) is 0 Å². The Hall–Kier alpha value is -1.84. The van der Waals surface area contributed by atoms with Crippen molar-refractivity contribution in [1.82, 2.24) is 4.90 Å². The molecule has 2 aromatic carbocycles. The molecule has 3 nitrogen and oxygen atoms in total. The van der Waals surface area contributed by atoms with Crippen LogP contribution in [0.1, 0.15) is 49.3 Å². The van der Waals surface area contributed by atoms with E-state index < -0.39 is 0 Å². The number of piperidine rings is 1. The third-order valence-electron chi connectivity index (χ3n) is 8.04. The Morgan fingerprint density at radius 1 is 1.10 bits per heavy atom. The highest BCUT2D eigenvalue weighted by atomic mass is 16.5. The van der Waals surface area contributed by atoms with Gasteiger partial charge < -0.3 is 9.47 Å². The third kappa shape index (κ3) is 3.78. The van der Waals surface area contributed by atoms with E-state index in [1.807, 2.05) is 0 Å². The van der Waals surface area contributed by atoms with Crippen molar-refractivity contribution in [2.24, 2.45) is 11.8 Å². The average Bonchev–Trinajstić information content (AvgIpc) is 3.59. The van der Waals surface area contributed by atoms with E-state index >= 15 is 0 Å². The first-order valence-corrected chi connectivity index (χ1v) is 11.7. The average molecular weight is 406 g/mol. The van der Waals surface area contributed by atoms with E-state index in [-0.39, 0.29) is 5.41 Å². The monoisotopic (exact) mass is 405 g/mol. The van der Waals surface area contributed by atoms with Gasteiger partial charge in [0.05, 0.1) is 13.7 Å². The molecule has 1 saturated heterocycles. The maximum atomic E-state index is 6.19. The lowest BCUT2D eigenvalue weighted by Crippen LogP contribution is -2.59. The van der Waals surface area contributed by atoms with Crippen LogP contribution >= 0.6 is 0 Å². The standard InChI is InChI=1S/C27H35NO2/c1-20-26-16-23-10-11-24(29-2)17-25(23)27(20,12-14-28(26)18-21-8-9-21)13-15-30-19-22-6-4-3-5-7-22/h3-7,10-11,17,20-21,26H,8-9,12-16,18-19H2,1-2H3/t20-,26+,27?/m0/s1. The molecule has 5 rings (SSSR count). The molecule has 2 bridgehead atoms. The molecule has 3 atom stereocenters. The van der Waals surface area contributed by atoms with E-state index in [2.05, 4.69) is 60.4 Å². The van der Waals surface area contributed by atoms with Gasteiger partial charge >= 0.3 is 0 Å². The maximum Gasteiger partial charge on any atom is 0.119 e. The maximum absolute atomic E-state index is 6.19. The molecule has 2 aliphatic carbocycles. The van der Waals surface area contributed by atoms with Gasteiger partial charge in [-0.1, -0.05) is 43.3 Å². The van der Waals surface area contributed by atoms with Crippen molar-refractivity contribution in [3.8, 4) is 5.75 Å². The molecular weight excluding hydrogens is 370 g/mol. The minimum absolute atomic E-state index is 0.198. The SMILES string of the molecule is COc1ccc2c(c1)C1(CCOCc3ccccc3)CCN(CC3CC3)[C@H](C2)[C@@H]1C. The van der Waals surface area contributed by atoms with E-state index in [9.17, 15) is 0 Å². The summed E-state index contributed by atoms with van der Waals surface area (Å²) in [5.74, 6) is 2.59. The molecule has 0 radical (unpaired) electrons. The van der Waals surface area contributed by atoms with Crippen molar-refractivity contribution < 1.29 is 9.47 Å². The summed E-state index contributed by atoms with van der Waals surface area (Å²) >= 11 is 0. The molecule has 0 amide bonds. The van der Waals surface area contributed by atoms with Crippen molar-refractivity contribution in [3.63, 3.8) is 0 Å². The Balaban J connectivity index is 1.37. The molecule has 30 heavy (non-hydrogen) atoms. The second kappa shape index (κ2) is 8.36. The van der Waals surface area contributed by atoms with E-state index in [1.54, 1.807) is 7.11 Å². The number of nitrogens with zero attached hydrogens (tertiary/aromatic N) is 1. The molecule has 3 heteroatoms. The predicted molar refractivity (Wildman–Crippen MR) is 121 cm³/mol. The van der Waals surface area contributed by atoms with Gasteiger partial charge in [0.1, 0.15) is 5.75 Å². The summed E-state index contributed by atoms with van der Waals surface area (Å²) in [6.07, 6.45) is 6.37. The summed E-state index contributed by atoms with van der Waals surface area (Å²) in [4.78, 5) is 2.82. The summed E-state index contributed by atoms with van der Waals surface area (Å²) < 4.78 is 11.8. The van der Waals surface area contributed by atoms with Gasteiger partial charge in [-0.3, -0.25) is 4.90 Å². The molecule has 1 heterocycles. The second-order valence-electron chi connectivity index (χ2n) is 9.72. The lowest BCUT2D eigenvalue weighted by Gasteiger charge is -2.56. The fourth-order valence-corrected chi connectivity index (χ4v) is 6.02. The quantitative estimate of drug-likeness (QED) is 0.562. The third-order valence-corrected chi connectivity index (χ3v) is 8.04. The minimum atomic E-state index is 0.198. The highest BCUT2D eigenvalue weighted by Gasteiger charge is 2.51. The van der Waals surface area contributed by atoms with Crippen LogP contribution in [0.5, 0.6) is 5.75 Å². The lowest BCUT2D eigenvalue weighted by molar-refractivity contribution is -0.00214. The summed E-state index contributed by atoms with van der Waals surface area (Å²) in [5, 5.41) is 0. The Kier molecular flexibility index (Phi) is 5.59. The smallest absolute Gasteiger partial charge is 0.119 e. The van der Waals surface area contributed by atoms with Gasteiger partial charge in [-0.2, -0.15) is 0 Å². The first kappa shape index (κ1) is 20.1. The van der Waals surface area contributed by atoms with E-state index in [4.69, 9.17) is 9.47 Å². The molecule has 160 valence electrons. The van der Waals surface area contributed by atoms with Crippen molar-refractivity contribution in [2.75, 3.05) is 26.8 Å². The van der Waals surface area contributed by atoms with E-state index in [0.29, 0.717) is 18.6 Å². The van der Waals surface area contributed by atoms with Crippen LogP contribution in [0.4, 0.5) is 0 Å². The zero-order valence-electron chi connectivity index (χ0n) is 18.5. The number of hydrogen-bond donors (Lipinski definition) is 0. The molecule has 1 aliphatic heterocycles. The van der Waals surface area contributed by atoms with Crippen LogP contribution in [0, 0.1) is 11.8 Å². The van der Waals surface area contributed by atoms with Crippen LogP contribution < -0.4 is 4.74 Å². The van der Waals surface area contributed by atoms with Crippen molar-refractivity contribution in [1.29, 1.82) is 0 Å². The minimum Gasteiger partial charge on any atom is -0.497 e. The fourth-order valence-electron chi connectivity index (χ4n) is 6.02. The largest absolute Gasteiger partial charge is 0.497 e. The molecule has 0 spiro atoms. The molecule has 2 aromatic rings. The molecule has 1 saturated carbocycles. The van der Waals surface area contributed by atoms with Crippen LogP contribution in [-0.4, -0.2) is 37.7 Å². The van der Waals surface area contributed by atoms with Crippen LogP contribution in [0.25, 0.3) is 0 Å². The molecule has 1 unspecified atom stereocenters. The van der Waals surface area contributed by atoms with Gasteiger partial charge in [0.25, 0.3) is 0 Å². The number of likely N-dealkylation sites (tertiary alicyclic amines) is 1. The van der Waals surface area contributed by atoms with Gasteiger partial charge in [-0.05, 0) is 79.3 Å². The highest BCUT2D eigenvalue weighted by Crippen LogP contribution is 2.52. The fraction of sp³-hybridized carbons (Fsp3) is 0.556. The summed E-state index contributed by atoms with van der Waals surface area (Å²) in [5.41, 5.74) is 4.51. The zero-order valence-corrected chi connectivity index (χ0v) is 18.5. The molecule has 3 aliphatic rings. The number of ether oxygens (including phenoxy) is 2. The van der Waals surface area contributed by atoms with E-state index in [1.165, 1.54) is 55.5 Å². The Bertz CT molecular complexity index is 862. The summed E-state index contributed by atoms with van der Waals surface area (Å²) in [6, 6.07) is 18.0. The second-order valence-corrected chi connectivity index (χ2v) is 9.72. The Morgan fingerprint density at radius 2 is 1.93 bits per heavy atom. The van der Waals surface area contributed by atoms with Gasteiger partial charge in [0.2, 0.25) is 0 Å².